The van der Waals surface area contributed by atoms with E-state index in [2.05, 4.69) is 10.1 Å². The number of amides is 1. The maximum absolute atomic E-state index is 13.2. The van der Waals surface area contributed by atoms with E-state index in [1.165, 1.54) is 0 Å². The molecule has 2 N–H and O–H groups in total. The molecule has 1 amide bonds. The average molecular weight is 579 g/mol. The summed E-state index contributed by atoms with van der Waals surface area (Å²) >= 11 is 0. The Labute approximate surface area is 247 Å². The molecule has 1 aliphatic heterocycles. The molecule has 10 nitrogen and oxygen atoms in total. The standard InChI is InChI=1S/C32H42N4O6/c1-8-9-16-39-28(37)18-26-24-12-11-23(20(4)22(24)14-15-36(26)31(38)41-32(5,6)7)29-34-30(42-35-29)21-10-13-27(25(33)17-21)40-19(2)3/h10-13,17,19,26H,8-9,14-16,18,33H2,1-7H3. The zero-order chi connectivity index (χ0) is 30.6. The highest BCUT2D eigenvalue weighted by Crippen LogP contribution is 2.39. The van der Waals surface area contributed by atoms with Crippen molar-refractivity contribution in [2.75, 3.05) is 18.9 Å². The average Bonchev–Trinajstić information content (AvgIpc) is 3.39. The van der Waals surface area contributed by atoms with E-state index in [0.29, 0.717) is 48.3 Å². The fraction of sp³-hybridized carbons (Fsp3) is 0.500. The number of carbonyl (C=O) groups excluding carboxylic acids is 2. The molecule has 1 unspecified atom stereocenters. The second-order valence-electron chi connectivity index (χ2n) is 11.9. The fourth-order valence-corrected chi connectivity index (χ4v) is 5.02. The Morgan fingerprint density at radius 2 is 1.95 bits per heavy atom. The minimum Gasteiger partial charge on any atom is -0.489 e. The summed E-state index contributed by atoms with van der Waals surface area (Å²) in [6, 6.07) is 8.71. The minimum atomic E-state index is -0.661. The number of fused-ring (bicyclic) bond motifs is 1. The van der Waals surface area contributed by atoms with Crippen LogP contribution in [0.4, 0.5) is 10.5 Å². The van der Waals surface area contributed by atoms with Crippen LogP contribution >= 0.6 is 0 Å². The van der Waals surface area contributed by atoms with E-state index < -0.39 is 17.7 Å². The Hall–Kier alpha value is -4.08. The topological polar surface area (TPSA) is 130 Å². The lowest BCUT2D eigenvalue weighted by Crippen LogP contribution is -2.44. The number of nitrogen functional groups attached to an aromatic ring is 1. The van der Waals surface area contributed by atoms with Crippen molar-refractivity contribution in [2.45, 2.75) is 91.9 Å². The quantitative estimate of drug-likeness (QED) is 0.168. The van der Waals surface area contributed by atoms with Crippen molar-refractivity contribution in [1.82, 2.24) is 15.0 Å². The number of anilines is 1. The van der Waals surface area contributed by atoms with E-state index in [0.717, 1.165) is 35.1 Å². The van der Waals surface area contributed by atoms with Crippen LogP contribution in [-0.2, 0) is 20.7 Å². The molecule has 0 spiro atoms. The van der Waals surface area contributed by atoms with Gasteiger partial charge in [-0.15, -0.1) is 0 Å². The molecule has 1 aliphatic rings. The normalized spacial score (nSPS) is 15.0. The summed E-state index contributed by atoms with van der Waals surface area (Å²) in [7, 11) is 0. The van der Waals surface area contributed by atoms with Crippen LogP contribution in [0.3, 0.4) is 0 Å². The second-order valence-corrected chi connectivity index (χ2v) is 11.9. The summed E-state index contributed by atoms with van der Waals surface area (Å²) in [6.07, 6.45) is 1.90. The van der Waals surface area contributed by atoms with Crippen LogP contribution in [-0.4, -0.2) is 52.0 Å². The van der Waals surface area contributed by atoms with Crippen molar-refractivity contribution in [2.24, 2.45) is 0 Å². The molecule has 0 saturated heterocycles. The molecule has 42 heavy (non-hydrogen) atoms. The predicted molar refractivity (Wildman–Crippen MR) is 160 cm³/mol. The number of carbonyl (C=O) groups is 2. The molecule has 0 bridgehead atoms. The molecular formula is C32H42N4O6. The van der Waals surface area contributed by atoms with Gasteiger partial charge in [-0.05, 0) is 89.3 Å². The van der Waals surface area contributed by atoms with Crippen molar-refractivity contribution < 1.29 is 28.3 Å². The number of hydrogen-bond donors (Lipinski definition) is 1. The van der Waals surface area contributed by atoms with E-state index in [9.17, 15) is 9.59 Å². The van der Waals surface area contributed by atoms with Crippen LogP contribution in [0.2, 0.25) is 0 Å². The highest BCUT2D eigenvalue weighted by Gasteiger charge is 2.36. The molecule has 1 aromatic heterocycles. The van der Waals surface area contributed by atoms with Crippen LogP contribution in [0.25, 0.3) is 22.8 Å². The van der Waals surface area contributed by atoms with Crippen molar-refractivity contribution in [3.8, 4) is 28.6 Å². The monoisotopic (exact) mass is 578 g/mol. The van der Waals surface area contributed by atoms with Gasteiger partial charge in [-0.1, -0.05) is 30.6 Å². The molecule has 0 radical (unpaired) electrons. The van der Waals surface area contributed by atoms with Crippen LogP contribution in [0.15, 0.2) is 34.9 Å². The Bertz CT molecular complexity index is 1420. The molecule has 0 fully saturated rings. The first-order valence-corrected chi connectivity index (χ1v) is 14.6. The van der Waals surface area contributed by atoms with Crippen LogP contribution in [0, 0.1) is 6.92 Å². The molecular weight excluding hydrogens is 536 g/mol. The van der Waals surface area contributed by atoms with Gasteiger partial charge in [0, 0.05) is 17.7 Å². The number of esters is 1. The third-order valence-electron chi connectivity index (χ3n) is 7.01. The Morgan fingerprint density at radius 1 is 1.19 bits per heavy atom. The highest BCUT2D eigenvalue weighted by molar-refractivity contribution is 5.75. The smallest absolute Gasteiger partial charge is 0.410 e. The van der Waals surface area contributed by atoms with Crippen LogP contribution < -0.4 is 10.5 Å². The number of aromatic nitrogens is 2. The lowest BCUT2D eigenvalue weighted by atomic mass is 9.86. The van der Waals surface area contributed by atoms with E-state index in [1.807, 2.05) is 66.7 Å². The molecule has 2 heterocycles. The number of nitrogens with two attached hydrogens (primary N) is 1. The van der Waals surface area contributed by atoms with Gasteiger partial charge in [0.25, 0.3) is 5.89 Å². The number of unbranched alkanes of at least 4 members (excludes halogenated alkanes) is 1. The lowest BCUT2D eigenvalue weighted by Gasteiger charge is -2.38. The minimum absolute atomic E-state index is 0.00246. The summed E-state index contributed by atoms with van der Waals surface area (Å²) in [6.45, 7) is 14.2. The van der Waals surface area contributed by atoms with E-state index in [1.54, 1.807) is 17.0 Å². The van der Waals surface area contributed by atoms with Gasteiger partial charge in [0.2, 0.25) is 5.82 Å². The number of nitrogens with zero attached hydrogens (tertiary/aromatic N) is 3. The molecule has 10 heteroatoms. The number of benzene rings is 2. The second kappa shape index (κ2) is 12.8. The Morgan fingerprint density at radius 3 is 2.62 bits per heavy atom. The van der Waals surface area contributed by atoms with Gasteiger partial charge in [0.1, 0.15) is 11.4 Å². The van der Waals surface area contributed by atoms with Gasteiger partial charge in [0.15, 0.2) is 0 Å². The maximum atomic E-state index is 13.2. The lowest BCUT2D eigenvalue weighted by molar-refractivity contribution is -0.145. The Kier molecular flexibility index (Phi) is 9.43. The van der Waals surface area contributed by atoms with Gasteiger partial charge in [0.05, 0.1) is 30.9 Å². The molecule has 3 aromatic rings. The first-order chi connectivity index (χ1) is 19.9. The molecule has 1 atom stereocenters. The highest BCUT2D eigenvalue weighted by atomic mass is 16.6. The van der Waals surface area contributed by atoms with E-state index >= 15 is 0 Å². The number of ether oxygens (including phenoxy) is 3. The third kappa shape index (κ3) is 7.21. The summed E-state index contributed by atoms with van der Waals surface area (Å²) in [5.74, 6) is 1.04. The molecule has 4 rings (SSSR count). The largest absolute Gasteiger partial charge is 0.489 e. The zero-order valence-electron chi connectivity index (χ0n) is 25.7. The third-order valence-corrected chi connectivity index (χ3v) is 7.01. The molecule has 0 aliphatic carbocycles. The van der Waals surface area contributed by atoms with E-state index in [-0.39, 0.29) is 18.5 Å². The van der Waals surface area contributed by atoms with Crippen molar-refractivity contribution in [3.63, 3.8) is 0 Å². The number of rotatable bonds is 9. The zero-order valence-corrected chi connectivity index (χ0v) is 25.7. The van der Waals surface area contributed by atoms with Crippen molar-refractivity contribution in [1.29, 1.82) is 0 Å². The SMILES string of the molecule is CCCCOC(=O)CC1c2ccc(-c3noc(-c4ccc(OC(C)C)c(N)c4)n3)c(C)c2CCN1C(=O)OC(C)(C)C. The summed E-state index contributed by atoms with van der Waals surface area (Å²) < 4.78 is 22.5. The van der Waals surface area contributed by atoms with Gasteiger partial charge in [-0.3, -0.25) is 4.79 Å². The van der Waals surface area contributed by atoms with Gasteiger partial charge < -0.3 is 29.4 Å². The van der Waals surface area contributed by atoms with Gasteiger partial charge in [-0.25, -0.2) is 4.79 Å². The first-order valence-electron chi connectivity index (χ1n) is 14.6. The fourth-order valence-electron chi connectivity index (χ4n) is 5.02. The molecule has 226 valence electrons. The van der Waals surface area contributed by atoms with Crippen molar-refractivity contribution >= 4 is 17.7 Å². The summed E-state index contributed by atoms with van der Waals surface area (Å²) in [4.78, 5) is 32.3. The summed E-state index contributed by atoms with van der Waals surface area (Å²) in [5, 5.41) is 4.25. The van der Waals surface area contributed by atoms with Crippen LogP contribution in [0.1, 0.15) is 83.5 Å². The van der Waals surface area contributed by atoms with Gasteiger partial charge >= 0.3 is 12.1 Å². The van der Waals surface area contributed by atoms with E-state index in [4.69, 9.17) is 24.5 Å². The van der Waals surface area contributed by atoms with Gasteiger partial charge in [-0.2, -0.15) is 4.98 Å². The van der Waals surface area contributed by atoms with Crippen LogP contribution in [0.5, 0.6) is 5.75 Å². The molecule has 2 aromatic carbocycles. The Balaban J connectivity index is 1.63. The predicted octanol–water partition coefficient (Wildman–Crippen LogP) is 6.65. The first kappa shape index (κ1) is 30.9. The maximum Gasteiger partial charge on any atom is 0.410 e. The molecule has 0 saturated carbocycles. The number of hydrogen-bond acceptors (Lipinski definition) is 9. The van der Waals surface area contributed by atoms with Crippen molar-refractivity contribution in [3.05, 3.63) is 47.0 Å². The summed E-state index contributed by atoms with van der Waals surface area (Å²) in [5.41, 5.74) is 10.4.